The lowest BCUT2D eigenvalue weighted by molar-refractivity contribution is 0.149. The fraction of sp³-hybridized carbons (Fsp3) is 0. The SMILES string of the molecule is Cl.On1cccn1. The summed E-state index contributed by atoms with van der Waals surface area (Å²) in [6.07, 6.45) is 2.94. The van der Waals surface area contributed by atoms with Crippen molar-refractivity contribution in [3.8, 4) is 0 Å². The van der Waals surface area contributed by atoms with Crippen LogP contribution in [0.5, 0.6) is 0 Å². The van der Waals surface area contributed by atoms with Crippen molar-refractivity contribution in [2.75, 3.05) is 0 Å². The van der Waals surface area contributed by atoms with E-state index in [-0.39, 0.29) is 12.4 Å². The summed E-state index contributed by atoms with van der Waals surface area (Å²) in [6, 6.07) is 1.64. The third-order valence-electron chi connectivity index (χ3n) is 0.490. The Balaban J connectivity index is 0.000000360. The van der Waals surface area contributed by atoms with E-state index in [0.29, 0.717) is 0 Å². The molecule has 7 heavy (non-hydrogen) atoms. The molecule has 0 aromatic carbocycles. The van der Waals surface area contributed by atoms with Crippen molar-refractivity contribution in [2.24, 2.45) is 0 Å². The van der Waals surface area contributed by atoms with Crippen molar-refractivity contribution in [1.82, 2.24) is 9.94 Å². The van der Waals surface area contributed by atoms with E-state index in [4.69, 9.17) is 5.21 Å². The van der Waals surface area contributed by atoms with E-state index in [2.05, 4.69) is 5.10 Å². The molecular weight excluding hydrogens is 115 g/mol. The first-order chi connectivity index (χ1) is 2.89. The molecule has 0 amide bonds. The molecule has 0 aliphatic carbocycles. The quantitative estimate of drug-likeness (QED) is 0.508. The molecule has 1 N–H and O–H groups in total. The molecule has 40 valence electrons. The Labute approximate surface area is 46.9 Å². The molecule has 1 rings (SSSR count). The zero-order valence-corrected chi connectivity index (χ0v) is 4.30. The molecule has 1 aromatic rings. The van der Waals surface area contributed by atoms with Gasteiger partial charge in [0.2, 0.25) is 0 Å². The van der Waals surface area contributed by atoms with Gasteiger partial charge in [0.1, 0.15) is 0 Å². The summed E-state index contributed by atoms with van der Waals surface area (Å²) in [4.78, 5) is 0.750. The molecule has 4 heteroatoms. The van der Waals surface area contributed by atoms with Crippen molar-refractivity contribution < 1.29 is 5.21 Å². The fourth-order valence-electron chi connectivity index (χ4n) is 0.261. The Morgan fingerprint density at radius 3 is 2.43 bits per heavy atom. The Hall–Kier alpha value is -0.700. The average Bonchev–Trinajstić information content (AvgIpc) is 1.86. The zero-order valence-electron chi connectivity index (χ0n) is 3.48. The Bertz CT molecular complexity index is 116. The Morgan fingerprint density at radius 2 is 2.29 bits per heavy atom. The van der Waals surface area contributed by atoms with E-state index < -0.39 is 0 Å². The van der Waals surface area contributed by atoms with Crippen LogP contribution in [0.2, 0.25) is 0 Å². The molecule has 0 fully saturated rings. The van der Waals surface area contributed by atoms with E-state index in [0.717, 1.165) is 4.85 Å². The van der Waals surface area contributed by atoms with Crippen LogP contribution in [0.25, 0.3) is 0 Å². The van der Waals surface area contributed by atoms with Gasteiger partial charge in [-0.15, -0.1) is 22.4 Å². The van der Waals surface area contributed by atoms with Gasteiger partial charge in [-0.3, -0.25) is 0 Å². The normalized spacial score (nSPS) is 7.43. The van der Waals surface area contributed by atoms with Gasteiger partial charge >= 0.3 is 0 Å². The predicted molar refractivity (Wildman–Crippen MR) is 26.7 cm³/mol. The van der Waals surface area contributed by atoms with Gasteiger partial charge in [-0.05, 0) is 6.07 Å². The Morgan fingerprint density at radius 1 is 1.57 bits per heavy atom. The number of rotatable bonds is 0. The van der Waals surface area contributed by atoms with Gasteiger partial charge in [-0.25, -0.2) is 0 Å². The summed E-state index contributed by atoms with van der Waals surface area (Å²) in [5.74, 6) is 0. The van der Waals surface area contributed by atoms with E-state index in [1.54, 1.807) is 6.07 Å². The van der Waals surface area contributed by atoms with E-state index in [1.807, 2.05) is 0 Å². The average molecular weight is 121 g/mol. The van der Waals surface area contributed by atoms with Gasteiger partial charge in [-0.1, -0.05) is 0 Å². The van der Waals surface area contributed by atoms with Gasteiger partial charge in [0, 0.05) is 0 Å². The number of hydrogen-bond acceptors (Lipinski definition) is 2. The van der Waals surface area contributed by atoms with Crippen LogP contribution in [0, 0.1) is 0 Å². The summed E-state index contributed by atoms with van der Waals surface area (Å²) < 4.78 is 0. The summed E-state index contributed by atoms with van der Waals surface area (Å²) in [7, 11) is 0. The standard InChI is InChI=1S/C3H4N2O.ClH/c6-5-3-1-2-4-5;/h1-3,6H;1H. The molecule has 0 spiro atoms. The minimum absolute atomic E-state index is 0. The molecule has 0 saturated heterocycles. The van der Waals surface area contributed by atoms with Crippen molar-refractivity contribution in [3.63, 3.8) is 0 Å². The molecule has 0 radical (unpaired) electrons. The molecule has 0 bridgehead atoms. The van der Waals surface area contributed by atoms with Crippen LogP contribution in [0.15, 0.2) is 18.5 Å². The fourth-order valence-corrected chi connectivity index (χ4v) is 0.261. The molecule has 0 saturated carbocycles. The highest BCUT2D eigenvalue weighted by Crippen LogP contribution is 1.72. The Kier molecular flexibility index (Phi) is 2.22. The lowest BCUT2D eigenvalue weighted by Gasteiger charge is -1.76. The maximum atomic E-state index is 8.28. The first-order valence-electron chi connectivity index (χ1n) is 1.58. The second-order valence-corrected chi connectivity index (χ2v) is 0.926. The molecule has 0 atom stereocenters. The molecule has 0 aliphatic rings. The molecule has 3 nitrogen and oxygen atoms in total. The topological polar surface area (TPSA) is 38.0 Å². The van der Waals surface area contributed by atoms with Crippen molar-refractivity contribution in [2.45, 2.75) is 0 Å². The highest BCUT2D eigenvalue weighted by Gasteiger charge is 1.71. The van der Waals surface area contributed by atoms with E-state index in [9.17, 15) is 0 Å². The number of halogens is 1. The van der Waals surface area contributed by atoms with Crippen LogP contribution >= 0.6 is 12.4 Å². The molecule has 1 aromatic heterocycles. The molecule has 1 heterocycles. The smallest absolute Gasteiger partial charge is 0.0664 e. The lowest BCUT2D eigenvalue weighted by Crippen LogP contribution is -1.86. The third kappa shape index (κ3) is 1.45. The van der Waals surface area contributed by atoms with Crippen LogP contribution in [-0.2, 0) is 0 Å². The van der Waals surface area contributed by atoms with Gasteiger partial charge in [-0.2, -0.15) is 0 Å². The zero-order chi connectivity index (χ0) is 4.41. The monoisotopic (exact) mass is 120 g/mol. The molecule has 0 aliphatic heterocycles. The summed E-state index contributed by atoms with van der Waals surface area (Å²) in [6.45, 7) is 0. The highest BCUT2D eigenvalue weighted by molar-refractivity contribution is 5.85. The maximum Gasteiger partial charge on any atom is 0.0664 e. The minimum atomic E-state index is 0. The van der Waals surface area contributed by atoms with Crippen LogP contribution < -0.4 is 0 Å². The van der Waals surface area contributed by atoms with E-state index in [1.165, 1.54) is 12.4 Å². The largest absolute Gasteiger partial charge is 0.412 e. The summed E-state index contributed by atoms with van der Waals surface area (Å²) >= 11 is 0. The second kappa shape index (κ2) is 2.47. The molecular formula is C3H5ClN2O. The first kappa shape index (κ1) is 6.30. The summed E-state index contributed by atoms with van der Waals surface area (Å²) in [5, 5.41) is 11.7. The van der Waals surface area contributed by atoms with E-state index >= 15 is 0 Å². The minimum Gasteiger partial charge on any atom is -0.412 e. The van der Waals surface area contributed by atoms with Crippen LogP contribution in [0.4, 0.5) is 0 Å². The second-order valence-electron chi connectivity index (χ2n) is 0.926. The first-order valence-corrected chi connectivity index (χ1v) is 1.58. The number of hydrogen-bond donors (Lipinski definition) is 1. The third-order valence-corrected chi connectivity index (χ3v) is 0.490. The van der Waals surface area contributed by atoms with Crippen LogP contribution in [0.3, 0.4) is 0 Å². The van der Waals surface area contributed by atoms with Gasteiger partial charge in [0.15, 0.2) is 0 Å². The molecule has 0 unspecified atom stereocenters. The number of nitrogens with zero attached hydrogens (tertiary/aromatic N) is 2. The predicted octanol–water partition coefficient (Wildman–Crippen LogP) is 0.542. The van der Waals surface area contributed by atoms with Crippen molar-refractivity contribution in [1.29, 1.82) is 0 Å². The van der Waals surface area contributed by atoms with Gasteiger partial charge < -0.3 is 5.21 Å². The summed E-state index contributed by atoms with van der Waals surface area (Å²) in [5.41, 5.74) is 0. The highest BCUT2D eigenvalue weighted by atomic mass is 35.5. The van der Waals surface area contributed by atoms with Crippen molar-refractivity contribution >= 4 is 12.4 Å². The lowest BCUT2D eigenvalue weighted by atomic mass is 10.8. The van der Waals surface area contributed by atoms with Gasteiger partial charge in [0.05, 0.1) is 12.4 Å². The van der Waals surface area contributed by atoms with Gasteiger partial charge in [0.25, 0.3) is 0 Å². The van der Waals surface area contributed by atoms with Crippen molar-refractivity contribution in [3.05, 3.63) is 18.5 Å². The maximum absolute atomic E-state index is 8.28. The van der Waals surface area contributed by atoms with Crippen LogP contribution in [-0.4, -0.2) is 15.2 Å². The number of aromatic nitrogens is 2. The van der Waals surface area contributed by atoms with Crippen LogP contribution in [0.1, 0.15) is 0 Å².